The number of rotatable bonds is 4. The van der Waals surface area contributed by atoms with Crippen molar-refractivity contribution in [1.82, 2.24) is 0 Å². The van der Waals surface area contributed by atoms with E-state index in [0.29, 0.717) is 51.2 Å². The molecule has 6 heteroatoms. The quantitative estimate of drug-likeness (QED) is 0.436. The van der Waals surface area contributed by atoms with Gasteiger partial charge in [-0.2, -0.15) is 0 Å². The van der Waals surface area contributed by atoms with E-state index in [9.17, 15) is 5.21 Å². The second kappa shape index (κ2) is 6.48. The molecule has 0 aliphatic rings. The van der Waals surface area contributed by atoms with E-state index in [2.05, 4.69) is 5.16 Å². The summed E-state index contributed by atoms with van der Waals surface area (Å²) >= 11 is 0. The first-order valence-corrected chi connectivity index (χ1v) is 8.09. The molecule has 0 atom stereocenters. The zero-order valence-electron chi connectivity index (χ0n) is 14.4. The molecule has 26 heavy (non-hydrogen) atoms. The second-order valence-electron chi connectivity index (χ2n) is 5.85. The first-order chi connectivity index (χ1) is 12.7. The molecule has 132 valence electrons. The molecular formula is C20H17NO5. The monoisotopic (exact) mass is 351 g/mol. The van der Waals surface area contributed by atoms with Gasteiger partial charge in [0.25, 0.3) is 0 Å². The first-order valence-electron chi connectivity index (χ1n) is 8.09. The molecule has 0 unspecified atom stereocenters. The highest BCUT2D eigenvalue weighted by Crippen LogP contribution is 2.42. The van der Waals surface area contributed by atoms with Crippen LogP contribution in [0.2, 0.25) is 0 Å². The van der Waals surface area contributed by atoms with Gasteiger partial charge in [-0.1, -0.05) is 35.5 Å². The topological polar surface area (TPSA) is 77.3 Å². The Bertz CT molecular complexity index is 1140. The molecule has 0 spiro atoms. The van der Waals surface area contributed by atoms with Crippen LogP contribution in [0.1, 0.15) is 11.3 Å². The summed E-state index contributed by atoms with van der Waals surface area (Å²) in [6.07, 6.45) is 1.56. The lowest BCUT2D eigenvalue weighted by Crippen LogP contribution is -2.08. The van der Waals surface area contributed by atoms with E-state index in [1.165, 1.54) is 7.11 Å². The standard InChI is InChI=1S/C20H17NO5/c1-12-10-15(21-22)16-17(25-11-13-6-4-3-5-7-13)14-8-9-24-18(14)20(23-2)19(16)26-12/h3-10,22H,11H2,1-2H3. The Labute approximate surface area is 148 Å². The van der Waals surface area contributed by atoms with Crippen molar-refractivity contribution in [3.05, 3.63) is 65.4 Å². The minimum atomic E-state index is 0.341. The molecule has 0 fully saturated rings. The smallest absolute Gasteiger partial charge is 0.206 e. The van der Waals surface area contributed by atoms with Gasteiger partial charge in [-0.15, -0.1) is 0 Å². The van der Waals surface area contributed by atoms with Crippen LogP contribution in [0.4, 0.5) is 0 Å². The van der Waals surface area contributed by atoms with Gasteiger partial charge in [0, 0.05) is 6.07 Å². The zero-order chi connectivity index (χ0) is 18.1. The summed E-state index contributed by atoms with van der Waals surface area (Å²) in [5, 5.41) is 14.5. The van der Waals surface area contributed by atoms with Gasteiger partial charge in [-0.25, -0.2) is 0 Å². The first kappa shape index (κ1) is 16.1. The average molecular weight is 351 g/mol. The van der Waals surface area contributed by atoms with Gasteiger partial charge in [-0.05, 0) is 18.6 Å². The molecule has 0 aliphatic carbocycles. The van der Waals surface area contributed by atoms with E-state index in [1.807, 2.05) is 30.3 Å². The van der Waals surface area contributed by atoms with Crippen LogP contribution in [0.25, 0.3) is 21.9 Å². The Morgan fingerprint density at radius 3 is 2.62 bits per heavy atom. The number of hydrogen-bond acceptors (Lipinski definition) is 6. The van der Waals surface area contributed by atoms with Crippen LogP contribution in [-0.2, 0) is 6.61 Å². The average Bonchev–Trinajstić information content (AvgIpc) is 3.14. The molecule has 0 saturated heterocycles. The van der Waals surface area contributed by atoms with Crippen LogP contribution >= 0.6 is 0 Å². The number of fused-ring (bicyclic) bond motifs is 2. The van der Waals surface area contributed by atoms with Crippen molar-refractivity contribution in [3.63, 3.8) is 0 Å². The predicted molar refractivity (Wildman–Crippen MR) is 95.4 cm³/mol. The lowest BCUT2D eigenvalue weighted by Gasteiger charge is -2.13. The third-order valence-electron chi connectivity index (χ3n) is 4.17. The second-order valence-corrected chi connectivity index (χ2v) is 5.85. The fraction of sp³-hybridized carbons (Fsp3) is 0.150. The van der Waals surface area contributed by atoms with Crippen LogP contribution in [0, 0.1) is 6.92 Å². The Balaban J connectivity index is 2.01. The number of ether oxygens (including phenoxy) is 2. The normalized spacial score (nSPS) is 12.0. The molecule has 0 saturated carbocycles. The summed E-state index contributed by atoms with van der Waals surface area (Å²) in [6.45, 7) is 2.12. The van der Waals surface area contributed by atoms with Gasteiger partial charge >= 0.3 is 0 Å². The summed E-state index contributed by atoms with van der Waals surface area (Å²) in [7, 11) is 1.54. The van der Waals surface area contributed by atoms with E-state index >= 15 is 0 Å². The summed E-state index contributed by atoms with van der Waals surface area (Å²) in [4.78, 5) is 0. The van der Waals surface area contributed by atoms with Gasteiger partial charge in [0.2, 0.25) is 5.75 Å². The van der Waals surface area contributed by atoms with Crippen LogP contribution < -0.4 is 14.8 Å². The summed E-state index contributed by atoms with van der Waals surface area (Å²) < 4.78 is 23.1. The predicted octanol–water partition coefficient (Wildman–Crippen LogP) is 4.36. The van der Waals surface area contributed by atoms with E-state index < -0.39 is 0 Å². The summed E-state index contributed by atoms with van der Waals surface area (Å²) in [6, 6.07) is 13.2. The molecule has 2 aromatic heterocycles. The number of nitrogens with zero attached hydrogens (tertiary/aromatic N) is 1. The fourth-order valence-electron chi connectivity index (χ4n) is 3.05. The van der Waals surface area contributed by atoms with Crippen molar-refractivity contribution < 1.29 is 23.5 Å². The molecule has 1 N–H and O–H groups in total. The van der Waals surface area contributed by atoms with E-state index in [-0.39, 0.29) is 0 Å². The zero-order valence-corrected chi connectivity index (χ0v) is 14.4. The maximum atomic E-state index is 9.52. The lowest BCUT2D eigenvalue weighted by molar-refractivity contribution is 0.299. The van der Waals surface area contributed by atoms with Crippen LogP contribution in [0.5, 0.6) is 11.5 Å². The number of methoxy groups -OCH3 is 1. The fourth-order valence-corrected chi connectivity index (χ4v) is 3.05. The van der Waals surface area contributed by atoms with Crippen LogP contribution in [0.15, 0.2) is 62.7 Å². The van der Waals surface area contributed by atoms with Crippen molar-refractivity contribution in [2.75, 3.05) is 7.11 Å². The van der Waals surface area contributed by atoms with Crippen molar-refractivity contribution in [3.8, 4) is 11.5 Å². The molecule has 0 radical (unpaired) electrons. The highest BCUT2D eigenvalue weighted by molar-refractivity contribution is 6.06. The Hall–Kier alpha value is -3.41. The number of aryl methyl sites for hydroxylation is 1. The lowest BCUT2D eigenvalue weighted by atomic mass is 10.1. The molecule has 2 aromatic carbocycles. The van der Waals surface area contributed by atoms with E-state index in [4.69, 9.17) is 18.3 Å². The highest BCUT2D eigenvalue weighted by Gasteiger charge is 2.22. The maximum Gasteiger partial charge on any atom is 0.206 e. The SMILES string of the molecule is COc1c2occc2c(OCc2ccccc2)c2c(=NO)cc(C)oc12. The van der Waals surface area contributed by atoms with E-state index in [0.717, 1.165) is 5.56 Å². The van der Waals surface area contributed by atoms with Gasteiger partial charge < -0.3 is 23.5 Å². The number of hydrogen-bond donors (Lipinski definition) is 1. The largest absolute Gasteiger partial charge is 0.490 e. The number of benzene rings is 2. The van der Waals surface area contributed by atoms with Crippen LogP contribution in [-0.4, -0.2) is 12.3 Å². The molecular weight excluding hydrogens is 334 g/mol. The van der Waals surface area contributed by atoms with Gasteiger partial charge in [-0.3, -0.25) is 0 Å². The van der Waals surface area contributed by atoms with Crippen molar-refractivity contribution in [2.24, 2.45) is 5.16 Å². The van der Waals surface area contributed by atoms with E-state index in [1.54, 1.807) is 25.3 Å². The minimum absolute atomic E-state index is 0.341. The molecule has 6 nitrogen and oxygen atoms in total. The highest BCUT2D eigenvalue weighted by atomic mass is 16.5. The van der Waals surface area contributed by atoms with Crippen molar-refractivity contribution >= 4 is 21.9 Å². The molecule has 4 rings (SSSR count). The molecule has 2 heterocycles. The Kier molecular flexibility index (Phi) is 4.01. The molecule has 4 aromatic rings. The third kappa shape index (κ3) is 2.56. The van der Waals surface area contributed by atoms with Gasteiger partial charge in [0.15, 0.2) is 11.2 Å². The van der Waals surface area contributed by atoms with Gasteiger partial charge in [0.05, 0.1) is 24.1 Å². The molecule has 0 aliphatic heterocycles. The molecule has 0 amide bonds. The van der Waals surface area contributed by atoms with Crippen LogP contribution in [0.3, 0.4) is 0 Å². The van der Waals surface area contributed by atoms with Crippen molar-refractivity contribution in [1.29, 1.82) is 0 Å². The number of furan rings is 1. The minimum Gasteiger partial charge on any atom is -0.490 e. The molecule has 0 bridgehead atoms. The maximum absolute atomic E-state index is 9.52. The van der Waals surface area contributed by atoms with Gasteiger partial charge in [0.1, 0.15) is 23.5 Å². The Morgan fingerprint density at radius 1 is 1.08 bits per heavy atom. The Morgan fingerprint density at radius 2 is 1.88 bits per heavy atom. The summed E-state index contributed by atoms with van der Waals surface area (Å²) in [5.74, 6) is 1.52. The summed E-state index contributed by atoms with van der Waals surface area (Å²) in [5.41, 5.74) is 1.94. The van der Waals surface area contributed by atoms with Crippen molar-refractivity contribution in [2.45, 2.75) is 13.5 Å². The third-order valence-corrected chi connectivity index (χ3v) is 4.17.